The highest BCUT2D eigenvalue weighted by Gasteiger charge is 2.24. The molecule has 1 aliphatic heterocycles. The first-order valence-corrected chi connectivity index (χ1v) is 5.11. The Morgan fingerprint density at radius 1 is 1.25 bits per heavy atom. The van der Waals surface area contributed by atoms with Gasteiger partial charge in [-0.25, -0.2) is 0 Å². The van der Waals surface area contributed by atoms with Crippen LogP contribution in [0.15, 0.2) is 0 Å². The molecule has 12 heavy (non-hydrogen) atoms. The highest BCUT2D eigenvalue weighted by molar-refractivity contribution is 4.78. The Morgan fingerprint density at radius 3 is 2.33 bits per heavy atom. The minimum atomic E-state index is 0.902. The molecule has 0 amide bonds. The second-order valence-corrected chi connectivity index (χ2v) is 4.17. The molecule has 2 atom stereocenters. The summed E-state index contributed by atoms with van der Waals surface area (Å²) in [7, 11) is 2.02. The van der Waals surface area contributed by atoms with Crippen LogP contribution in [0.25, 0.3) is 0 Å². The first kappa shape index (κ1) is 10.0. The second-order valence-electron chi connectivity index (χ2n) is 4.17. The van der Waals surface area contributed by atoms with E-state index in [0.29, 0.717) is 0 Å². The molecule has 72 valence electrons. The van der Waals surface area contributed by atoms with E-state index in [1.54, 1.807) is 0 Å². The average Bonchev–Trinajstić information content (AvgIpc) is 2.32. The molecule has 1 rings (SSSR count). The fraction of sp³-hybridized carbons (Fsp3) is 1.00. The first-order chi connectivity index (χ1) is 5.74. The molecule has 0 aromatic carbocycles. The minimum absolute atomic E-state index is 0.902. The Kier molecular flexibility index (Phi) is 4.02. The van der Waals surface area contributed by atoms with Crippen LogP contribution in [0.4, 0.5) is 0 Å². The molecule has 1 aliphatic rings. The largest absolute Gasteiger partial charge is 0.320 e. The second kappa shape index (κ2) is 4.83. The van der Waals surface area contributed by atoms with Crippen molar-refractivity contribution in [2.75, 3.05) is 33.2 Å². The third-order valence-electron chi connectivity index (χ3n) is 2.96. The SMILES string of the molecule is CNCCCN1CC(C)C(C)C1. The van der Waals surface area contributed by atoms with Crippen LogP contribution in [0.2, 0.25) is 0 Å². The van der Waals surface area contributed by atoms with E-state index in [-0.39, 0.29) is 0 Å². The molecule has 0 aliphatic carbocycles. The van der Waals surface area contributed by atoms with Crippen molar-refractivity contribution in [3.05, 3.63) is 0 Å². The van der Waals surface area contributed by atoms with Gasteiger partial charge in [0.2, 0.25) is 0 Å². The molecule has 1 fully saturated rings. The highest BCUT2D eigenvalue weighted by Crippen LogP contribution is 2.21. The monoisotopic (exact) mass is 170 g/mol. The first-order valence-electron chi connectivity index (χ1n) is 5.11. The van der Waals surface area contributed by atoms with Crippen LogP contribution in [0, 0.1) is 11.8 Å². The van der Waals surface area contributed by atoms with Crippen molar-refractivity contribution < 1.29 is 0 Å². The Morgan fingerprint density at radius 2 is 1.83 bits per heavy atom. The Balaban J connectivity index is 2.10. The van der Waals surface area contributed by atoms with E-state index in [1.807, 2.05) is 7.05 Å². The lowest BCUT2D eigenvalue weighted by molar-refractivity contribution is 0.318. The maximum absolute atomic E-state index is 3.19. The van der Waals surface area contributed by atoms with E-state index in [2.05, 4.69) is 24.1 Å². The van der Waals surface area contributed by atoms with Gasteiger partial charge in [-0.2, -0.15) is 0 Å². The van der Waals surface area contributed by atoms with E-state index in [9.17, 15) is 0 Å². The van der Waals surface area contributed by atoms with Crippen molar-refractivity contribution in [3.63, 3.8) is 0 Å². The zero-order valence-corrected chi connectivity index (χ0v) is 8.64. The summed E-state index contributed by atoms with van der Waals surface area (Å²) in [6.07, 6.45) is 1.29. The number of hydrogen-bond donors (Lipinski definition) is 1. The van der Waals surface area contributed by atoms with Gasteiger partial charge in [-0.05, 0) is 38.4 Å². The molecular weight excluding hydrogens is 148 g/mol. The maximum atomic E-state index is 3.19. The molecule has 1 saturated heterocycles. The summed E-state index contributed by atoms with van der Waals surface area (Å²) in [5.41, 5.74) is 0. The minimum Gasteiger partial charge on any atom is -0.320 e. The predicted octanol–water partition coefficient (Wildman–Crippen LogP) is 1.18. The van der Waals surface area contributed by atoms with Gasteiger partial charge < -0.3 is 10.2 Å². The average molecular weight is 170 g/mol. The van der Waals surface area contributed by atoms with Gasteiger partial charge in [-0.15, -0.1) is 0 Å². The van der Waals surface area contributed by atoms with Crippen molar-refractivity contribution in [2.24, 2.45) is 11.8 Å². The molecule has 2 heteroatoms. The van der Waals surface area contributed by atoms with E-state index >= 15 is 0 Å². The van der Waals surface area contributed by atoms with Gasteiger partial charge in [0.1, 0.15) is 0 Å². The van der Waals surface area contributed by atoms with Crippen LogP contribution in [0.5, 0.6) is 0 Å². The lowest BCUT2D eigenvalue weighted by atomic mass is 10.0. The predicted molar refractivity (Wildman–Crippen MR) is 53.3 cm³/mol. The third kappa shape index (κ3) is 2.76. The molecule has 0 bridgehead atoms. The van der Waals surface area contributed by atoms with E-state index in [1.165, 1.54) is 26.1 Å². The van der Waals surface area contributed by atoms with Crippen molar-refractivity contribution in [2.45, 2.75) is 20.3 Å². The fourth-order valence-corrected chi connectivity index (χ4v) is 1.91. The summed E-state index contributed by atoms with van der Waals surface area (Å²) >= 11 is 0. The third-order valence-corrected chi connectivity index (χ3v) is 2.96. The molecule has 0 aromatic heterocycles. The molecule has 0 saturated carbocycles. The van der Waals surface area contributed by atoms with Crippen molar-refractivity contribution in [1.82, 2.24) is 10.2 Å². The number of nitrogens with zero attached hydrogens (tertiary/aromatic N) is 1. The molecule has 0 radical (unpaired) electrons. The number of rotatable bonds is 4. The Hall–Kier alpha value is -0.0800. The van der Waals surface area contributed by atoms with Crippen LogP contribution in [-0.4, -0.2) is 38.1 Å². The van der Waals surface area contributed by atoms with Crippen LogP contribution in [0.1, 0.15) is 20.3 Å². The number of hydrogen-bond acceptors (Lipinski definition) is 2. The normalized spacial score (nSPS) is 31.2. The van der Waals surface area contributed by atoms with Gasteiger partial charge >= 0.3 is 0 Å². The highest BCUT2D eigenvalue weighted by atomic mass is 15.1. The molecule has 1 heterocycles. The van der Waals surface area contributed by atoms with Crippen LogP contribution in [0.3, 0.4) is 0 Å². The van der Waals surface area contributed by atoms with Crippen molar-refractivity contribution in [1.29, 1.82) is 0 Å². The van der Waals surface area contributed by atoms with Gasteiger partial charge in [0, 0.05) is 13.1 Å². The van der Waals surface area contributed by atoms with E-state index < -0.39 is 0 Å². The zero-order valence-electron chi connectivity index (χ0n) is 8.64. The molecule has 0 aromatic rings. The lowest BCUT2D eigenvalue weighted by Crippen LogP contribution is -2.24. The summed E-state index contributed by atoms with van der Waals surface area (Å²) < 4.78 is 0. The molecule has 2 nitrogen and oxygen atoms in total. The lowest BCUT2D eigenvalue weighted by Gasteiger charge is -2.14. The van der Waals surface area contributed by atoms with Gasteiger partial charge in [0.25, 0.3) is 0 Å². The van der Waals surface area contributed by atoms with E-state index in [4.69, 9.17) is 0 Å². The van der Waals surface area contributed by atoms with Gasteiger partial charge in [0.15, 0.2) is 0 Å². The summed E-state index contributed by atoms with van der Waals surface area (Å²) in [5, 5.41) is 3.19. The molecule has 2 unspecified atom stereocenters. The summed E-state index contributed by atoms with van der Waals surface area (Å²) in [6.45, 7) is 9.77. The summed E-state index contributed by atoms with van der Waals surface area (Å²) in [6, 6.07) is 0. The van der Waals surface area contributed by atoms with Gasteiger partial charge in [-0.1, -0.05) is 13.8 Å². The summed E-state index contributed by atoms with van der Waals surface area (Å²) in [4.78, 5) is 2.59. The zero-order chi connectivity index (χ0) is 8.97. The van der Waals surface area contributed by atoms with Crippen LogP contribution < -0.4 is 5.32 Å². The fourth-order valence-electron chi connectivity index (χ4n) is 1.91. The summed E-state index contributed by atoms with van der Waals surface area (Å²) in [5.74, 6) is 1.80. The molecule has 1 N–H and O–H groups in total. The quantitative estimate of drug-likeness (QED) is 0.637. The van der Waals surface area contributed by atoms with Crippen molar-refractivity contribution >= 4 is 0 Å². The Bertz CT molecular complexity index is 115. The van der Waals surface area contributed by atoms with Crippen LogP contribution in [-0.2, 0) is 0 Å². The number of nitrogens with one attached hydrogen (secondary N) is 1. The van der Waals surface area contributed by atoms with Gasteiger partial charge in [0.05, 0.1) is 0 Å². The number of likely N-dealkylation sites (tertiary alicyclic amines) is 1. The van der Waals surface area contributed by atoms with Crippen molar-refractivity contribution in [3.8, 4) is 0 Å². The topological polar surface area (TPSA) is 15.3 Å². The van der Waals surface area contributed by atoms with Gasteiger partial charge in [-0.3, -0.25) is 0 Å². The molecular formula is C10H22N2. The standard InChI is InChI=1S/C10H22N2/c1-9-7-12(8-10(9)2)6-4-5-11-3/h9-11H,4-8H2,1-3H3. The Labute approximate surface area is 76.3 Å². The van der Waals surface area contributed by atoms with Crippen LogP contribution >= 0.6 is 0 Å². The molecule has 0 spiro atoms. The smallest absolute Gasteiger partial charge is 0.00102 e. The maximum Gasteiger partial charge on any atom is 0.00102 e. The van der Waals surface area contributed by atoms with E-state index in [0.717, 1.165) is 18.4 Å².